The van der Waals surface area contributed by atoms with Gasteiger partial charge in [-0.05, 0) is 31.5 Å². The predicted molar refractivity (Wildman–Crippen MR) is 110 cm³/mol. The van der Waals surface area contributed by atoms with Crippen molar-refractivity contribution in [3.63, 3.8) is 0 Å². The fourth-order valence-electron chi connectivity index (χ4n) is 3.33. The molecule has 0 aliphatic heterocycles. The van der Waals surface area contributed by atoms with Gasteiger partial charge in [-0.1, -0.05) is 23.7 Å². The third kappa shape index (κ3) is 3.48. The number of ether oxygens (including phenoxy) is 1. The Hall–Kier alpha value is -3.46. The second-order valence-electron chi connectivity index (χ2n) is 6.83. The summed E-state index contributed by atoms with van der Waals surface area (Å²) in [5.74, 6) is 1.14. The highest BCUT2D eigenvalue weighted by molar-refractivity contribution is 6.38. The van der Waals surface area contributed by atoms with Gasteiger partial charge in [0, 0.05) is 6.20 Å². The van der Waals surface area contributed by atoms with Crippen LogP contribution in [-0.4, -0.2) is 47.7 Å². The van der Waals surface area contributed by atoms with Crippen molar-refractivity contribution in [2.24, 2.45) is 0 Å². The first kappa shape index (κ1) is 19.8. The van der Waals surface area contributed by atoms with E-state index in [1.54, 1.807) is 18.7 Å². The second kappa shape index (κ2) is 7.75. The monoisotopic (exact) mass is 426 g/mol. The number of aromatic carboxylic acids is 1. The van der Waals surface area contributed by atoms with Crippen molar-refractivity contribution >= 4 is 28.6 Å². The zero-order valence-corrected chi connectivity index (χ0v) is 17.4. The number of carboxylic acids is 1. The molecule has 0 amide bonds. The van der Waals surface area contributed by atoms with Crippen LogP contribution in [-0.2, 0) is 13.1 Å². The summed E-state index contributed by atoms with van der Waals surface area (Å²) in [6.07, 6.45) is 1.25. The first-order valence-electron chi connectivity index (χ1n) is 9.15. The Morgan fingerprint density at radius 3 is 2.57 bits per heavy atom. The van der Waals surface area contributed by atoms with Crippen molar-refractivity contribution < 1.29 is 14.6 Å². The van der Waals surface area contributed by atoms with Crippen LogP contribution in [0.2, 0.25) is 5.02 Å². The van der Waals surface area contributed by atoms with Gasteiger partial charge in [-0.2, -0.15) is 5.10 Å². The van der Waals surface area contributed by atoms with Crippen molar-refractivity contribution in [2.45, 2.75) is 26.9 Å². The number of benzene rings is 1. The summed E-state index contributed by atoms with van der Waals surface area (Å²) in [7, 11) is 1.63. The van der Waals surface area contributed by atoms with E-state index in [0.29, 0.717) is 35.6 Å². The molecule has 30 heavy (non-hydrogen) atoms. The molecule has 4 rings (SSSR count). The molecule has 0 fully saturated rings. The summed E-state index contributed by atoms with van der Waals surface area (Å²) in [4.78, 5) is 15.6. The van der Waals surface area contributed by atoms with Crippen LogP contribution in [0.1, 0.15) is 33.3 Å². The normalized spacial score (nSPS) is 11.2. The maximum absolute atomic E-state index is 11.4. The SMILES string of the molecule is COc1ccc(Cn2c(C)nnc2Cn2nc(C)c3c(Cl)c(C(=O)O)cnc32)cc1. The number of carbonyl (C=O) groups is 1. The number of pyridine rings is 1. The molecule has 3 aromatic heterocycles. The Kier molecular flexibility index (Phi) is 5.13. The van der Waals surface area contributed by atoms with E-state index in [9.17, 15) is 9.90 Å². The summed E-state index contributed by atoms with van der Waals surface area (Å²) in [6.45, 7) is 4.57. The lowest BCUT2D eigenvalue weighted by Crippen LogP contribution is -2.12. The molecule has 3 heterocycles. The molecule has 0 saturated carbocycles. The highest BCUT2D eigenvalue weighted by Gasteiger charge is 2.20. The van der Waals surface area contributed by atoms with E-state index in [1.165, 1.54) is 6.20 Å². The maximum Gasteiger partial charge on any atom is 0.338 e. The summed E-state index contributed by atoms with van der Waals surface area (Å²) >= 11 is 6.31. The fourth-order valence-corrected chi connectivity index (χ4v) is 3.68. The van der Waals surface area contributed by atoms with Gasteiger partial charge < -0.3 is 14.4 Å². The van der Waals surface area contributed by atoms with Crippen molar-refractivity contribution in [3.8, 4) is 5.75 Å². The van der Waals surface area contributed by atoms with Crippen molar-refractivity contribution in [2.75, 3.05) is 7.11 Å². The number of rotatable bonds is 6. The van der Waals surface area contributed by atoms with E-state index in [2.05, 4.69) is 20.3 Å². The van der Waals surface area contributed by atoms with Crippen LogP contribution < -0.4 is 4.74 Å². The quantitative estimate of drug-likeness (QED) is 0.504. The zero-order valence-electron chi connectivity index (χ0n) is 16.6. The van der Waals surface area contributed by atoms with Gasteiger partial charge in [-0.15, -0.1) is 10.2 Å². The molecule has 154 valence electrons. The van der Waals surface area contributed by atoms with Crippen molar-refractivity contribution in [3.05, 3.63) is 64.0 Å². The molecule has 0 aliphatic carbocycles. The number of fused-ring (bicyclic) bond motifs is 1. The van der Waals surface area contributed by atoms with Crippen LogP contribution in [0, 0.1) is 13.8 Å². The summed E-state index contributed by atoms with van der Waals surface area (Å²) < 4.78 is 8.87. The van der Waals surface area contributed by atoms with Gasteiger partial charge >= 0.3 is 5.97 Å². The molecule has 0 radical (unpaired) electrons. The molecule has 1 aromatic carbocycles. The highest BCUT2D eigenvalue weighted by Crippen LogP contribution is 2.28. The number of aryl methyl sites for hydroxylation is 2. The van der Waals surface area contributed by atoms with Gasteiger partial charge in [0.2, 0.25) is 0 Å². The van der Waals surface area contributed by atoms with Gasteiger partial charge in [-0.3, -0.25) is 0 Å². The average molecular weight is 427 g/mol. The van der Waals surface area contributed by atoms with E-state index in [1.807, 2.05) is 35.8 Å². The van der Waals surface area contributed by atoms with Crippen LogP contribution in [0.15, 0.2) is 30.5 Å². The number of carboxylic acid groups (broad SMARTS) is 1. The lowest BCUT2D eigenvalue weighted by atomic mass is 10.2. The van der Waals surface area contributed by atoms with E-state index in [4.69, 9.17) is 16.3 Å². The number of aromatic nitrogens is 6. The average Bonchev–Trinajstić information content (AvgIpc) is 3.23. The van der Waals surface area contributed by atoms with E-state index in [-0.39, 0.29) is 10.6 Å². The minimum absolute atomic E-state index is 0.0506. The number of halogens is 1. The smallest absolute Gasteiger partial charge is 0.338 e. The Balaban J connectivity index is 1.69. The third-order valence-corrected chi connectivity index (χ3v) is 5.30. The molecule has 4 aromatic rings. The standard InChI is InChI=1S/C20H19ClN6O3/c1-11-17-18(21)15(20(28)29)8-22-19(17)27(25-11)10-16-24-23-12(2)26(16)9-13-4-6-14(30-3)7-5-13/h4-8H,9-10H2,1-3H3,(H,28,29). The van der Waals surface area contributed by atoms with Crippen LogP contribution in [0.3, 0.4) is 0 Å². The Labute approximate surface area is 176 Å². The predicted octanol–water partition coefficient (Wildman–Crippen LogP) is 3.10. The third-order valence-electron chi connectivity index (χ3n) is 4.91. The molecule has 9 nitrogen and oxygen atoms in total. The van der Waals surface area contributed by atoms with Crippen LogP contribution >= 0.6 is 11.6 Å². The first-order chi connectivity index (χ1) is 14.4. The molecule has 10 heteroatoms. The van der Waals surface area contributed by atoms with E-state index >= 15 is 0 Å². The topological polar surface area (TPSA) is 108 Å². The minimum atomic E-state index is -1.13. The lowest BCUT2D eigenvalue weighted by Gasteiger charge is -2.10. The van der Waals surface area contributed by atoms with Crippen LogP contribution in [0.5, 0.6) is 5.75 Å². The maximum atomic E-state index is 11.4. The summed E-state index contributed by atoms with van der Waals surface area (Å²) in [6, 6.07) is 7.80. The largest absolute Gasteiger partial charge is 0.497 e. The molecule has 0 saturated heterocycles. The molecule has 0 aliphatic rings. The van der Waals surface area contributed by atoms with Gasteiger partial charge in [-0.25, -0.2) is 14.5 Å². The fraction of sp³-hybridized carbons (Fsp3) is 0.250. The van der Waals surface area contributed by atoms with Gasteiger partial charge in [0.05, 0.1) is 35.3 Å². The van der Waals surface area contributed by atoms with Crippen LogP contribution in [0.25, 0.3) is 11.0 Å². The van der Waals surface area contributed by atoms with Gasteiger partial charge in [0.15, 0.2) is 11.5 Å². The van der Waals surface area contributed by atoms with Gasteiger partial charge in [0.25, 0.3) is 0 Å². The molecular weight excluding hydrogens is 408 g/mol. The Bertz CT molecular complexity index is 1250. The number of hydrogen-bond acceptors (Lipinski definition) is 6. The van der Waals surface area contributed by atoms with E-state index in [0.717, 1.165) is 17.1 Å². The molecule has 0 bridgehead atoms. The number of methoxy groups -OCH3 is 1. The lowest BCUT2D eigenvalue weighted by molar-refractivity contribution is 0.0697. The molecule has 0 unspecified atom stereocenters. The summed E-state index contributed by atoms with van der Waals surface area (Å²) in [5.41, 5.74) is 2.13. The Morgan fingerprint density at radius 2 is 1.90 bits per heavy atom. The Morgan fingerprint density at radius 1 is 1.17 bits per heavy atom. The molecule has 1 N–H and O–H groups in total. The number of hydrogen-bond donors (Lipinski definition) is 1. The van der Waals surface area contributed by atoms with Crippen molar-refractivity contribution in [1.29, 1.82) is 0 Å². The molecule has 0 spiro atoms. The second-order valence-corrected chi connectivity index (χ2v) is 7.21. The van der Waals surface area contributed by atoms with Crippen LogP contribution in [0.4, 0.5) is 0 Å². The minimum Gasteiger partial charge on any atom is -0.497 e. The van der Waals surface area contributed by atoms with E-state index < -0.39 is 5.97 Å². The van der Waals surface area contributed by atoms with Crippen molar-refractivity contribution in [1.82, 2.24) is 29.5 Å². The highest BCUT2D eigenvalue weighted by atomic mass is 35.5. The van der Waals surface area contributed by atoms with Gasteiger partial charge in [0.1, 0.15) is 18.1 Å². The summed E-state index contributed by atoms with van der Waals surface area (Å²) in [5, 5.41) is 23.0. The molecular formula is C20H19ClN6O3. The zero-order chi connectivity index (χ0) is 21.4. The number of nitrogens with zero attached hydrogens (tertiary/aromatic N) is 6. The first-order valence-corrected chi connectivity index (χ1v) is 9.53. The molecule has 0 atom stereocenters.